The maximum Gasteiger partial charge on any atom is 0.143 e. The van der Waals surface area contributed by atoms with Crippen molar-refractivity contribution in [3.8, 4) is 11.8 Å². The predicted molar refractivity (Wildman–Crippen MR) is 71.9 cm³/mol. The summed E-state index contributed by atoms with van der Waals surface area (Å²) < 4.78 is 5.26. The van der Waals surface area contributed by atoms with Gasteiger partial charge in [0, 0.05) is 4.88 Å². The Labute approximate surface area is 110 Å². The summed E-state index contributed by atoms with van der Waals surface area (Å²) in [7, 11) is 1.60. The van der Waals surface area contributed by atoms with Gasteiger partial charge in [0.2, 0.25) is 0 Å². The van der Waals surface area contributed by atoms with Crippen molar-refractivity contribution in [2.24, 2.45) is 0 Å². The summed E-state index contributed by atoms with van der Waals surface area (Å²) in [5, 5.41) is 12.3. The molecule has 92 valence electrons. The van der Waals surface area contributed by atoms with Crippen molar-refractivity contribution < 1.29 is 4.74 Å². The number of nitrogens with one attached hydrogen (secondary N) is 1. The molecule has 0 fully saturated rings. The molecule has 0 bridgehead atoms. The zero-order valence-corrected chi connectivity index (χ0v) is 11.0. The van der Waals surface area contributed by atoms with Crippen LogP contribution in [0.3, 0.4) is 0 Å². The third-order valence-electron chi connectivity index (χ3n) is 2.64. The molecule has 0 unspecified atom stereocenters. The molecule has 2 rings (SSSR count). The minimum Gasteiger partial charge on any atom is -0.495 e. The highest BCUT2D eigenvalue weighted by molar-refractivity contribution is 7.09. The number of hydrogen-bond acceptors (Lipinski definition) is 5. The van der Waals surface area contributed by atoms with Gasteiger partial charge in [0.1, 0.15) is 11.8 Å². The van der Waals surface area contributed by atoms with Crippen LogP contribution in [-0.2, 0) is 6.54 Å². The lowest BCUT2D eigenvalue weighted by Crippen LogP contribution is -2.03. The smallest absolute Gasteiger partial charge is 0.143 e. The number of ether oxygens (including phenoxy) is 1. The first-order valence-electron chi connectivity index (χ1n) is 5.46. The zero-order chi connectivity index (χ0) is 13.0. The maximum atomic E-state index is 9.09. The number of hydrogen-bond donors (Lipinski definition) is 1. The maximum absolute atomic E-state index is 9.09. The molecule has 18 heavy (non-hydrogen) atoms. The van der Waals surface area contributed by atoms with E-state index in [9.17, 15) is 0 Å². The minimum atomic E-state index is 0.580. The fourth-order valence-electron chi connectivity index (χ4n) is 1.64. The first kappa shape index (κ1) is 12.4. The average Bonchev–Trinajstić information content (AvgIpc) is 2.81. The Morgan fingerprint density at radius 2 is 2.33 bits per heavy atom. The van der Waals surface area contributed by atoms with E-state index in [1.807, 2.05) is 18.5 Å². The van der Waals surface area contributed by atoms with Crippen LogP contribution in [0.25, 0.3) is 0 Å². The Balaban J connectivity index is 2.23. The fourth-order valence-corrected chi connectivity index (χ4v) is 2.36. The van der Waals surface area contributed by atoms with Crippen LogP contribution in [0.5, 0.6) is 5.75 Å². The van der Waals surface area contributed by atoms with Gasteiger partial charge in [-0.25, -0.2) is 4.98 Å². The van der Waals surface area contributed by atoms with Crippen molar-refractivity contribution in [2.45, 2.75) is 13.5 Å². The van der Waals surface area contributed by atoms with Crippen molar-refractivity contribution in [1.29, 1.82) is 5.26 Å². The summed E-state index contributed by atoms with van der Waals surface area (Å²) in [6.45, 7) is 2.62. The molecule has 0 saturated carbocycles. The molecule has 1 N–H and O–H groups in total. The van der Waals surface area contributed by atoms with Crippen molar-refractivity contribution in [2.75, 3.05) is 12.4 Å². The molecule has 2 aromatic rings. The lowest BCUT2D eigenvalue weighted by molar-refractivity contribution is 0.416. The molecule has 0 radical (unpaired) electrons. The van der Waals surface area contributed by atoms with Gasteiger partial charge >= 0.3 is 0 Å². The summed E-state index contributed by atoms with van der Waals surface area (Å²) in [5.41, 5.74) is 4.15. The first-order valence-corrected chi connectivity index (χ1v) is 6.34. The molecule has 5 heteroatoms. The Morgan fingerprint density at radius 3 is 2.94 bits per heavy atom. The molecule has 0 aliphatic carbocycles. The van der Waals surface area contributed by atoms with Crippen LogP contribution in [0.1, 0.15) is 16.1 Å². The van der Waals surface area contributed by atoms with Gasteiger partial charge in [-0.05, 0) is 19.1 Å². The highest BCUT2D eigenvalue weighted by atomic mass is 32.1. The summed E-state index contributed by atoms with van der Waals surface area (Å²) in [4.78, 5) is 5.35. The second kappa shape index (κ2) is 5.52. The van der Waals surface area contributed by atoms with Gasteiger partial charge in [0.25, 0.3) is 0 Å². The molecule has 0 aliphatic rings. The van der Waals surface area contributed by atoms with E-state index in [-0.39, 0.29) is 0 Å². The van der Waals surface area contributed by atoms with E-state index >= 15 is 0 Å². The molecule has 1 heterocycles. The van der Waals surface area contributed by atoms with Crippen LogP contribution >= 0.6 is 11.3 Å². The van der Waals surface area contributed by atoms with Crippen LogP contribution in [0.15, 0.2) is 23.7 Å². The van der Waals surface area contributed by atoms with Gasteiger partial charge in [-0.2, -0.15) is 5.26 Å². The Morgan fingerprint density at radius 1 is 1.50 bits per heavy atom. The lowest BCUT2D eigenvalue weighted by Gasteiger charge is -2.12. The molecule has 0 spiro atoms. The normalized spacial score (nSPS) is 9.83. The minimum absolute atomic E-state index is 0.580. The summed E-state index contributed by atoms with van der Waals surface area (Å²) in [5.74, 6) is 0.677. The molecule has 0 atom stereocenters. The van der Waals surface area contributed by atoms with Crippen LogP contribution in [0.4, 0.5) is 5.69 Å². The molecule has 1 aromatic carbocycles. The van der Waals surface area contributed by atoms with E-state index in [0.29, 0.717) is 17.9 Å². The van der Waals surface area contributed by atoms with Crippen molar-refractivity contribution in [3.05, 3.63) is 39.8 Å². The van der Waals surface area contributed by atoms with E-state index in [0.717, 1.165) is 16.3 Å². The van der Waals surface area contributed by atoms with E-state index in [4.69, 9.17) is 10.00 Å². The van der Waals surface area contributed by atoms with Gasteiger partial charge in [-0.1, -0.05) is 6.07 Å². The zero-order valence-electron chi connectivity index (χ0n) is 10.2. The fraction of sp³-hybridized carbons (Fsp3) is 0.231. The van der Waals surface area contributed by atoms with E-state index in [1.165, 1.54) is 0 Å². The summed E-state index contributed by atoms with van der Waals surface area (Å²) >= 11 is 1.60. The second-order valence-corrected chi connectivity index (χ2v) is 4.65. The Bertz CT molecular complexity index is 586. The SMILES string of the molecule is COc1cccc(C#N)c1NCc1scnc1C. The number of nitrogens with zero attached hydrogens (tertiary/aromatic N) is 2. The van der Waals surface area contributed by atoms with Crippen molar-refractivity contribution >= 4 is 17.0 Å². The number of thiazole rings is 1. The second-order valence-electron chi connectivity index (χ2n) is 3.71. The van der Waals surface area contributed by atoms with Crippen LogP contribution in [0, 0.1) is 18.3 Å². The molecule has 0 amide bonds. The number of methoxy groups -OCH3 is 1. The molecular weight excluding hydrogens is 246 g/mol. The summed E-state index contributed by atoms with van der Waals surface area (Å²) in [6, 6.07) is 7.57. The Hall–Kier alpha value is -2.06. The van der Waals surface area contributed by atoms with Crippen LogP contribution in [0.2, 0.25) is 0 Å². The largest absolute Gasteiger partial charge is 0.495 e. The van der Waals surface area contributed by atoms with Crippen LogP contribution in [-0.4, -0.2) is 12.1 Å². The highest BCUT2D eigenvalue weighted by Gasteiger charge is 2.09. The third kappa shape index (κ3) is 2.44. The highest BCUT2D eigenvalue weighted by Crippen LogP contribution is 2.28. The lowest BCUT2D eigenvalue weighted by atomic mass is 10.1. The Kier molecular flexibility index (Phi) is 3.80. The number of anilines is 1. The number of aryl methyl sites for hydroxylation is 1. The molecule has 4 nitrogen and oxygen atoms in total. The quantitative estimate of drug-likeness (QED) is 0.917. The standard InChI is InChI=1S/C13H13N3OS/c1-9-12(18-8-16-9)7-15-13-10(6-14)4-3-5-11(13)17-2/h3-5,8,15H,7H2,1-2H3. The van der Waals surface area contributed by atoms with Gasteiger partial charge in [-0.3, -0.25) is 0 Å². The number of aromatic nitrogens is 1. The van der Waals surface area contributed by atoms with Gasteiger partial charge in [0.05, 0.1) is 36.1 Å². The van der Waals surface area contributed by atoms with E-state index in [1.54, 1.807) is 30.6 Å². The molecule has 0 aliphatic heterocycles. The van der Waals surface area contributed by atoms with Crippen LogP contribution < -0.4 is 10.1 Å². The number of nitriles is 1. The molecule has 0 saturated heterocycles. The number of benzene rings is 1. The molecular formula is C13H13N3OS. The van der Waals surface area contributed by atoms with E-state index in [2.05, 4.69) is 16.4 Å². The van der Waals surface area contributed by atoms with E-state index < -0.39 is 0 Å². The first-order chi connectivity index (χ1) is 8.76. The third-order valence-corrected chi connectivity index (χ3v) is 3.57. The van der Waals surface area contributed by atoms with Crippen molar-refractivity contribution in [1.82, 2.24) is 4.98 Å². The predicted octanol–water partition coefficient (Wildman–Crippen LogP) is 2.94. The average molecular weight is 259 g/mol. The number of para-hydroxylation sites is 1. The van der Waals surface area contributed by atoms with Crippen molar-refractivity contribution in [3.63, 3.8) is 0 Å². The topological polar surface area (TPSA) is 57.9 Å². The molecule has 1 aromatic heterocycles. The summed E-state index contributed by atoms with van der Waals surface area (Å²) in [6.07, 6.45) is 0. The van der Waals surface area contributed by atoms with Gasteiger partial charge in [-0.15, -0.1) is 11.3 Å². The number of rotatable bonds is 4. The van der Waals surface area contributed by atoms with Gasteiger partial charge in [0.15, 0.2) is 0 Å². The van der Waals surface area contributed by atoms with Gasteiger partial charge < -0.3 is 10.1 Å². The monoisotopic (exact) mass is 259 g/mol.